The Labute approximate surface area is 164 Å². The summed E-state index contributed by atoms with van der Waals surface area (Å²) in [6.45, 7) is 0. The Morgan fingerprint density at radius 3 is 1.68 bits per heavy atom. The summed E-state index contributed by atoms with van der Waals surface area (Å²) in [7, 11) is -10.3. The van der Waals surface area contributed by atoms with Crippen molar-refractivity contribution in [2.45, 2.75) is 9.79 Å². The molecule has 25 heavy (non-hydrogen) atoms. The monoisotopic (exact) mass is 391 g/mol. The Morgan fingerprint density at radius 1 is 0.680 bits per heavy atom. The summed E-state index contributed by atoms with van der Waals surface area (Å²) in [6, 6.07) is 7.15. The average Bonchev–Trinajstić information content (AvgIpc) is 2.49. The minimum atomic E-state index is -5.23. The van der Waals surface area contributed by atoms with Crippen molar-refractivity contribution in [2.75, 3.05) is 0 Å². The number of carbonyl (C=O) groups excluding carboxylic acids is 2. The van der Waals surface area contributed by atoms with Crippen LogP contribution >= 0.6 is 0 Å². The topological polar surface area (TPSA) is 143 Å². The Kier molecular flexibility index (Phi) is 5.10. The van der Waals surface area contributed by atoms with Gasteiger partial charge in [0.05, 0.1) is 5.56 Å². The van der Waals surface area contributed by atoms with Crippen molar-refractivity contribution >= 4 is 61.4 Å². The van der Waals surface area contributed by atoms with E-state index in [1.54, 1.807) is 0 Å². The number of fused-ring (bicyclic) bond motifs is 2. The van der Waals surface area contributed by atoms with Crippen LogP contribution < -0.4 is 0 Å². The maximum Gasteiger partial charge on any atom is 0.296 e. The predicted octanol–water partition coefficient (Wildman–Crippen LogP) is 0.575. The van der Waals surface area contributed by atoms with Gasteiger partial charge in [0.2, 0.25) is 0 Å². The normalized spacial score (nSPS) is 13.7. The first-order valence-electron chi connectivity index (χ1n) is 6.34. The summed E-state index contributed by atoms with van der Waals surface area (Å²) >= 11 is 0. The fourth-order valence-electron chi connectivity index (χ4n) is 2.60. The van der Waals surface area contributed by atoms with E-state index in [-0.39, 0.29) is 46.2 Å². The Bertz CT molecular complexity index is 1130. The summed E-state index contributed by atoms with van der Waals surface area (Å²) in [5.74, 6) is -1.65. The van der Waals surface area contributed by atoms with Gasteiger partial charge in [0.15, 0.2) is 11.6 Å². The number of hydrogen-bond donors (Lipinski definition) is 2. The zero-order chi connectivity index (χ0) is 17.9. The second kappa shape index (κ2) is 6.40. The molecular weight excluding hydrogens is 383 g/mol. The molecule has 0 amide bonds. The molecule has 1 aliphatic carbocycles. The van der Waals surface area contributed by atoms with E-state index in [1.165, 1.54) is 24.3 Å². The third-order valence-corrected chi connectivity index (χ3v) is 5.51. The van der Waals surface area contributed by atoms with Crippen molar-refractivity contribution in [3.05, 3.63) is 58.7 Å². The fourth-order valence-corrected chi connectivity index (χ4v) is 4.59. The molecule has 11 heteroatoms. The Morgan fingerprint density at radius 2 is 1.20 bits per heavy atom. The third-order valence-electron chi connectivity index (χ3n) is 3.55. The molecule has 2 N–H and O–H groups in total. The molecule has 1 radical (unpaired) electrons. The molecule has 0 fully saturated rings. The second-order valence-corrected chi connectivity index (χ2v) is 7.72. The van der Waals surface area contributed by atoms with Gasteiger partial charge in [-0.05, 0) is 12.1 Å². The molecule has 2 aromatic carbocycles. The number of rotatable bonds is 2. The molecule has 8 nitrogen and oxygen atoms in total. The molecule has 2 aromatic rings. The molecule has 0 atom stereocenters. The first-order valence-corrected chi connectivity index (χ1v) is 9.22. The quantitative estimate of drug-likeness (QED) is 0.477. The van der Waals surface area contributed by atoms with E-state index < -0.39 is 47.2 Å². The minimum Gasteiger partial charge on any atom is -0.289 e. The van der Waals surface area contributed by atoms with Crippen LogP contribution in [0.3, 0.4) is 0 Å². The molecule has 0 unspecified atom stereocenters. The van der Waals surface area contributed by atoms with Gasteiger partial charge in [-0.15, -0.1) is 0 Å². The molecular formula is C14H8NaO8S2. The van der Waals surface area contributed by atoms with Crippen LogP contribution in [-0.4, -0.2) is 67.1 Å². The van der Waals surface area contributed by atoms with Gasteiger partial charge in [0, 0.05) is 46.2 Å². The zero-order valence-electron chi connectivity index (χ0n) is 12.6. The van der Waals surface area contributed by atoms with Gasteiger partial charge in [-0.25, -0.2) is 0 Å². The summed E-state index contributed by atoms with van der Waals surface area (Å²) in [4.78, 5) is 22.6. The Balaban J connectivity index is 0.00000225. The molecule has 0 heterocycles. The van der Waals surface area contributed by atoms with Gasteiger partial charge in [-0.3, -0.25) is 18.7 Å². The Hall–Kier alpha value is -1.40. The molecule has 0 spiro atoms. The SMILES string of the molecule is O=C1c2ccccc2C(=O)c2c1ccc(S(=O)(=O)O)c2S(=O)(=O)O.[Na]. The largest absolute Gasteiger partial charge is 0.296 e. The van der Waals surface area contributed by atoms with Crippen LogP contribution in [0.1, 0.15) is 31.8 Å². The van der Waals surface area contributed by atoms with Crippen molar-refractivity contribution < 1.29 is 35.5 Å². The van der Waals surface area contributed by atoms with Gasteiger partial charge in [-0.1, -0.05) is 24.3 Å². The maximum absolute atomic E-state index is 12.6. The number of carbonyl (C=O) groups is 2. The van der Waals surface area contributed by atoms with Gasteiger partial charge in [0.25, 0.3) is 20.2 Å². The van der Waals surface area contributed by atoms with Gasteiger partial charge in [0.1, 0.15) is 9.79 Å². The van der Waals surface area contributed by atoms with Crippen LogP contribution in [0, 0.1) is 0 Å². The maximum atomic E-state index is 12.6. The van der Waals surface area contributed by atoms with Crippen molar-refractivity contribution in [3.63, 3.8) is 0 Å². The van der Waals surface area contributed by atoms with Crippen LogP contribution in [0.25, 0.3) is 0 Å². The summed E-state index contributed by atoms with van der Waals surface area (Å²) < 4.78 is 64.7. The summed E-state index contributed by atoms with van der Waals surface area (Å²) in [5.41, 5.74) is -1.27. The number of ketones is 2. The number of benzene rings is 2. The summed E-state index contributed by atoms with van der Waals surface area (Å²) in [6.07, 6.45) is 0. The van der Waals surface area contributed by atoms with E-state index in [9.17, 15) is 35.5 Å². The smallest absolute Gasteiger partial charge is 0.289 e. The third kappa shape index (κ3) is 3.22. The molecule has 125 valence electrons. The fraction of sp³-hybridized carbons (Fsp3) is 0. The first-order chi connectivity index (χ1) is 11.0. The molecule has 0 saturated heterocycles. The van der Waals surface area contributed by atoms with Crippen LogP contribution in [0.2, 0.25) is 0 Å². The number of hydrogen-bond acceptors (Lipinski definition) is 6. The molecule has 1 aliphatic rings. The van der Waals surface area contributed by atoms with Crippen molar-refractivity contribution in [1.82, 2.24) is 0 Å². The van der Waals surface area contributed by atoms with E-state index in [1.807, 2.05) is 0 Å². The van der Waals surface area contributed by atoms with Gasteiger partial charge >= 0.3 is 0 Å². The molecule has 0 bridgehead atoms. The van der Waals surface area contributed by atoms with E-state index in [4.69, 9.17) is 0 Å². The molecule has 3 rings (SSSR count). The average molecular weight is 391 g/mol. The second-order valence-electron chi connectivity index (χ2n) is 4.97. The minimum absolute atomic E-state index is 0. The van der Waals surface area contributed by atoms with Crippen LogP contribution in [-0.2, 0) is 20.2 Å². The van der Waals surface area contributed by atoms with Gasteiger partial charge in [-0.2, -0.15) is 16.8 Å². The van der Waals surface area contributed by atoms with Crippen LogP contribution in [0.15, 0.2) is 46.2 Å². The molecule has 0 saturated carbocycles. The zero-order valence-corrected chi connectivity index (χ0v) is 16.3. The first kappa shape index (κ1) is 19.9. The van der Waals surface area contributed by atoms with E-state index in [0.717, 1.165) is 6.07 Å². The standard InChI is InChI=1S/C14H8O8S2.Na/c15-12-7-3-1-2-4-8(7)13(16)11-9(12)5-6-10(23(17,18)19)14(11)24(20,21)22;/h1-6H,(H,17,18,19)(H,20,21,22);. The van der Waals surface area contributed by atoms with Crippen LogP contribution in [0.5, 0.6) is 0 Å². The van der Waals surface area contributed by atoms with E-state index in [2.05, 4.69) is 0 Å². The predicted molar refractivity (Wildman–Crippen MR) is 85.1 cm³/mol. The van der Waals surface area contributed by atoms with E-state index >= 15 is 0 Å². The van der Waals surface area contributed by atoms with Crippen molar-refractivity contribution in [2.24, 2.45) is 0 Å². The molecule has 0 aromatic heterocycles. The van der Waals surface area contributed by atoms with Crippen LogP contribution in [0.4, 0.5) is 0 Å². The van der Waals surface area contributed by atoms with Gasteiger partial charge < -0.3 is 0 Å². The molecule has 0 aliphatic heterocycles. The van der Waals surface area contributed by atoms with E-state index in [0.29, 0.717) is 6.07 Å². The van der Waals surface area contributed by atoms with Crippen molar-refractivity contribution in [3.8, 4) is 0 Å². The van der Waals surface area contributed by atoms with Crippen molar-refractivity contribution in [1.29, 1.82) is 0 Å². The summed E-state index contributed by atoms with van der Waals surface area (Å²) in [5, 5.41) is 0.